The number of anilines is 2. The fraction of sp³-hybridized carbons (Fsp3) is 0.536. The minimum atomic E-state index is -1.35. The van der Waals surface area contributed by atoms with Gasteiger partial charge in [0.05, 0.1) is 12.0 Å². The number of carbonyl (C=O) groups excluding carboxylic acids is 1. The number of amides is 1. The van der Waals surface area contributed by atoms with Crippen LogP contribution < -0.4 is 14.5 Å². The monoisotopic (exact) mass is 514 g/mol. The third kappa shape index (κ3) is 6.87. The molecule has 7 nitrogen and oxygen atoms in total. The highest BCUT2D eigenvalue weighted by atomic mass is 32.2. The molecule has 0 aromatic heterocycles. The summed E-state index contributed by atoms with van der Waals surface area (Å²) in [5.41, 5.74) is 3.92. The molecule has 1 fully saturated rings. The molecule has 36 heavy (non-hydrogen) atoms. The Morgan fingerprint density at radius 2 is 1.67 bits per heavy atom. The van der Waals surface area contributed by atoms with Gasteiger partial charge in [0.15, 0.2) is 0 Å². The molecular weight excluding hydrogens is 472 g/mol. The molecule has 0 saturated carbocycles. The van der Waals surface area contributed by atoms with Crippen LogP contribution >= 0.6 is 0 Å². The summed E-state index contributed by atoms with van der Waals surface area (Å²) in [6.07, 6.45) is 3.87. The average Bonchev–Trinajstić information content (AvgIpc) is 3.12. The maximum atomic E-state index is 13.2. The van der Waals surface area contributed by atoms with Crippen LogP contribution in [0.2, 0.25) is 0 Å². The second kappa shape index (κ2) is 12.7. The van der Waals surface area contributed by atoms with E-state index < -0.39 is 11.0 Å². The van der Waals surface area contributed by atoms with Crippen molar-refractivity contribution < 1.29 is 13.7 Å². The van der Waals surface area contributed by atoms with Crippen molar-refractivity contribution in [3.05, 3.63) is 47.5 Å². The smallest absolute Gasteiger partial charge is 0.228 e. The van der Waals surface area contributed by atoms with Crippen LogP contribution in [0, 0.1) is 13.8 Å². The highest BCUT2D eigenvalue weighted by molar-refractivity contribution is 7.82. The lowest BCUT2D eigenvalue weighted by Crippen LogP contribution is -2.32. The SMILES string of the molecule is COc1cc(C)c(S(=O)N(C)CCC(=O)N(C)c2ccc(N3CCCC(N(C)C)CC3)cc2)c(C)c1. The van der Waals surface area contributed by atoms with Gasteiger partial charge in [-0.3, -0.25) is 4.79 Å². The topological polar surface area (TPSA) is 56.3 Å². The van der Waals surface area contributed by atoms with Crippen molar-refractivity contribution >= 4 is 28.3 Å². The van der Waals surface area contributed by atoms with E-state index in [4.69, 9.17) is 4.74 Å². The number of rotatable bonds is 9. The molecule has 2 aromatic carbocycles. The number of ether oxygens (including phenoxy) is 1. The maximum absolute atomic E-state index is 13.2. The quantitative estimate of drug-likeness (QED) is 0.501. The zero-order valence-electron chi connectivity index (χ0n) is 22.9. The lowest BCUT2D eigenvalue weighted by Gasteiger charge is -2.25. The van der Waals surface area contributed by atoms with Gasteiger partial charge in [-0.05, 0) is 94.7 Å². The van der Waals surface area contributed by atoms with Gasteiger partial charge in [0.2, 0.25) is 5.91 Å². The normalized spacial score (nSPS) is 17.2. The molecule has 3 rings (SSSR count). The Morgan fingerprint density at radius 3 is 2.25 bits per heavy atom. The van der Waals surface area contributed by atoms with Crippen molar-refractivity contribution in [2.75, 3.05) is 64.7 Å². The molecule has 1 heterocycles. The van der Waals surface area contributed by atoms with E-state index in [0.29, 0.717) is 12.6 Å². The third-order valence-corrected chi connectivity index (χ3v) is 8.91. The summed E-state index contributed by atoms with van der Waals surface area (Å²) in [4.78, 5) is 20.2. The summed E-state index contributed by atoms with van der Waals surface area (Å²) < 4.78 is 20.2. The minimum Gasteiger partial charge on any atom is -0.497 e. The largest absolute Gasteiger partial charge is 0.497 e. The lowest BCUT2D eigenvalue weighted by molar-refractivity contribution is -0.118. The molecule has 2 atom stereocenters. The van der Waals surface area contributed by atoms with E-state index in [2.05, 4.69) is 36.0 Å². The summed E-state index contributed by atoms with van der Waals surface area (Å²) in [7, 11) is 8.21. The Morgan fingerprint density at radius 1 is 1.03 bits per heavy atom. The second-order valence-corrected chi connectivity index (χ2v) is 11.5. The summed E-state index contributed by atoms with van der Waals surface area (Å²) in [5.74, 6) is 0.753. The van der Waals surface area contributed by atoms with Gasteiger partial charge in [-0.25, -0.2) is 8.51 Å². The third-order valence-electron chi connectivity index (χ3n) is 7.17. The van der Waals surface area contributed by atoms with Gasteiger partial charge >= 0.3 is 0 Å². The van der Waals surface area contributed by atoms with Crippen molar-refractivity contribution in [1.82, 2.24) is 9.21 Å². The molecule has 1 saturated heterocycles. The van der Waals surface area contributed by atoms with E-state index in [9.17, 15) is 9.00 Å². The van der Waals surface area contributed by atoms with Crippen LogP contribution in [0.4, 0.5) is 11.4 Å². The first-order valence-electron chi connectivity index (χ1n) is 12.7. The molecule has 198 valence electrons. The number of carbonyl (C=O) groups is 1. The first-order chi connectivity index (χ1) is 17.1. The minimum absolute atomic E-state index is 0.00151. The molecule has 2 aromatic rings. The summed E-state index contributed by atoms with van der Waals surface area (Å²) in [5, 5.41) is 0. The molecule has 0 bridgehead atoms. The number of aryl methyl sites for hydroxylation is 2. The summed E-state index contributed by atoms with van der Waals surface area (Å²) in [6, 6.07) is 12.7. The number of benzene rings is 2. The fourth-order valence-electron chi connectivity index (χ4n) is 4.85. The van der Waals surface area contributed by atoms with E-state index in [0.717, 1.165) is 47.0 Å². The highest BCUT2D eigenvalue weighted by Crippen LogP contribution is 2.27. The van der Waals surface area contributed by atoms with Crippen molar-refractivity contribution in [3.8, 4) is 5.75 Å². The van der Waals surface area contributed by atoms with Gasteiger partial charge in [-0.2, -0.15) is 0 Å². The summed E-state index contributed by atoms with van der Waals surface area (Å²) >= 11 is 0. The van der Waals surface area contributed by atoms with Crippen LogP contribution in [0.15, 0.2) is 41.3 Å². The first-order valence-corrected chi connectivity index (χ1v) is 13.8. The highest BCUT2D eigenvalue weighted by Gasteiger charge is 2.21. The fourth-order valence-corrected chi connectivity index (χ4v) is 6.09. The summed E-state index contributed by atoms with van der Waals surface area (Å²) in [6.45, 7) is 6.39. The number of methoxy groups -OCH3 is 1. The Labute approximate surface area is 219 Å². The van der Waals surface area contributed by atoms with Crippen LogP contribution in [-0.2, 0) is 15.8 Å². The van der Waals surface area contributed by atoms with E-state index in [1.165, 1.54) is 18.5 Å². The van der Waals surface area contributed by atoms with Crippen molar-refractivity contribution in [2.24, 2.45) is 0 Å². The molecule has 0 spiro atoms. The van der Waals surface area contributed by atoms with Crippen LogP contribution in [0.25, 0.3) is 0 Å². The predicted molar refractivity (Wildman–Crippen MR) is 150 cm³/mol. The van der Waals surface area contributed by atoms with Gasteiger partial charge < -0.3 is 19.4 Å². The van der Waals surface area contributed by atoms with Crippen molar-refractivity contribution in [1.29, 1.82) is 0 Å². The molecule has 0 radical (unpaired) electrons. The predicted octanol–water partition coefficient (Wildman–Crippen LogP) is 4.24. The average molecular weight is 515 g/mol. The molecule has 2 unspecified atom stereocenters. The maximum Gasteiger partial charge on any atom is 0.228 e. The Kier molecular flexibility index (Phi) is 9.93. The van der Waals surface area contributed by atoms with Crippen LogP contribution in [0.5, 0.6) is 5.75 Å². The van der Waals surface area contributed by atoms with Gasteiger partial charge in [0.25, 0.3) is 0 Å². The van der Waals surface area contributed by atoms with E-state index in [-0.39, 0.29) is 12.3 Å². The molecular formula is C28H42N4O3S. The van der Waals surface area contributed by atoms with Gasteiger partial charge in [-0.15, -0.1) is 0 Å². The molecule has 1 amide bonds. The first kappa shape index (κ1) is 28.2. The molecule has 0 N–H and O–H groups in total. The number of hydrogen-bond donors (Lipinski definition) is 0. The van der Waals surface area contributed by atoms with Crippen molar-refractivity contribution in [3.63, 3.8) is 0 Å². The number of hydrogen-bond acceptors (Lipinski definition) is 5. The van der Waals surface area contributed by atoms with E-state index in [1.54, 1.807) is 30.4 Å². The van der Waals surface area contributed by atoms with Crippen LogP contribution in [0.3, 0.4) is 0 Å². The molecule has 1 aliphatic heterocycles. The van der Waals surface area contributed by atoms with Gasteiger partial charge in [0.1, 0.15) is 16.7 Å². The molecule has 8 heteroatoms. The Hall–Kier alpha value is -2.42. The van der Waals surface area contributed by atoms with E-state index in [1.807, 2.05) is 38.1 Å². The molecule has 0 aliphatic carbocycles. The standard InChI is InChI=1S/C28H42N4O3S/c1-21-19-26(35-7)20-22(2)28(21)36(34)30(5)17-15-27(33)31(6)24-10-12-25(13-11-24)32-16-8-9-23(14-18-32)29(3)4/h10-13,19-20,23H,8-9,14-18H2,1-7H3. The van der Waals surface area contributed by atoms with Crippen molar-refractivity contribution in [2.45, 2.75) is 50.5 Å². The van der Waals surface area contributed by atoms with Gasteiger partial charge in [0, 0.05) is 57.6 Å². The second-order valence-electron chi connectivity index (χ2n) is 9.95. The van der Waals surface area contributed by atoms with Crippen LogP contribution in [-0.4, -0.2) is 80.3 Å². The number of nitrogens with zero attached hydrogens (tertiary/aromatic N) is 4. The lowest BCUT2D eigenvalue weighted by atomic mass is 10.1. The molecule has 1 aliphatic rings. The Balaban J connectivity index is 1.56. The zero-order chi connectivity index (χ0) is 26.4. The zero-order valence-corrected chi connectivity index (χ0v) is 23.7. The van der Waals surface area contributed by atoms with Crippen LogP contribution in [0.1, 0.15) is 36.8 Å². The Bertz CT molecular complexity index is 1030. The van der Waals surface area contributed by atoms with E-state index >= 15 is 0 Å². The van der Waals surface area contributed by atoms with Gasteiger partial charge in [-0.1, -0.05) is 0 Å².